The zero-order chi connectivity index (χ0) is 20.1. The highest BCUT2D eigenvalue weighted by Gasteiger charge is 2.36. The van der Waals surface area contributed by atoms with E-state index in [4.69, 9.17) is 14.2 Å². The third-order valence-corrected chi connectivity index (χ3v) is 5.07. The van der Waals surface area contributed by atoms with E-state index in [1.165, 1.54) is 0 Å². The molecule has 1 fully saturated rings. The van der Waals surface area contributed by atoms with Gasteiger partial charge in [-0.2, -0.15) is 5.10 Å². The first-order valence-corrected chi connectivity index (χ1v) is 9.31. The normalized spacial score (nSPS) is 19.5. The van der Waals surface area contributed by atoms with E-state index in [1.54, 1.807) is 31.4 Å². The van der Waals surface area contributed by atoms with Crippen LogP contribution < -0.4 is 9.47 Å². The van der Waals surface area contributed by atoms with E-state index in [0.29, 0.717) is 37.6 Å². The predicted octanol–water partition coefficient (Wildman–Crippen LogP) is 1.56. The van der Waals surface area contributed by atoms with Crippen molar-refractivity contribution in [2.24, 2.45) is 0 Å². The number of aromatic nitrogens is 2. The first kappa shape index (κ1) is 20.2. The molecule has 1 N–H and O–H groups in total. The van der Waals surface area contributed by atoms with E-state index in [2.05, 4.69) is 5.10 Å². The zero-order valence-corrected chi connectivity index (χ0v) is 16.5. The van der Waals surface area contributed by atoms with E-state index in [1.807, 2.05) is 29.8 Å². The van der Waals surface area contributed by atoms with Crippen molar-refractivity contribution in [3.63, 3.8) is 0 Å². The van der Waals surface area contributed by atoms with Crippen molar-refractivity contribution in [2.75, 3.05) is 34.0 Å². The molecule has 0 bridgehead atoms. The Balaban J connectivity index is 1.84. The van der Waals surface area contributed by atoms with E-state index in [9.17, 15) is 9.90 Å². The molecular formula is C20H27N3O5. The summed E-state index contributed by atoms with van der Waals surface area (Å²) in [6.45, 7) is 3.15. The Hall–Kier alpha value is -2.58. The molecule has 2 atom stereocenters. The summed E-state index contributed by atoms with van der Waals surface area (Å²) in [6.07, 6.45) is 1.55. The second-order valence-electron chi connectivity index (χ2n) is 6.68. The minimum absolute atomic E-state index is 0.00330. The first-order valence-electron chi connectivity index (χ1n) is 9.31. The minimum atomic E-state index is -0.498. The molecule has 3 rings (SSSR count). The van der Waals surface area contributed by atoms with Crippen LogP contribution in [-0.4, -0.2) is 65.8 Å². The maximum Gasteiger partial charge on any atom is 0.225 e. The largest absolute Gasteiger partial charge is 0.493 e. The van der Waals surface area contributed by atoms with Crippen molar-refractivity contribution in [1.29, 1.82) is 0 Å². The van der Waals surface area contributed by atoms with Gasteiger partial charge in [-0.1, -0.05) is 6.07 Å². The van der Waals surface area contributed by atoms with Crippen molar-refractivity contribution in [3.05, 3.63) is 41.7 Å². The third-order valence-electron chi connectivity index (χ3n) is 5.07. The highest BCUT2D eigenvalue weighted by molar-refractivity contribution is 5.77. The number of aliphatic hydroxyl groups is 1. The van der Waals surface area contributed by atoms with Crippen LogP contribution in [0.25, 0.3) is 0 Å². The molecule has 1 aliphatic heterocycles. The Morgan fingerprint density at radius 1 is 1.29 bits per heavy atom. The highest BCUT2D eigenvalue weighted by Crippen LogP contribution is 2.35. The number of hydrogen-bond donors (Lipinski definition) is 1. The Labute approximate surface area is 164 Å². The van der Waals surface area contributed by atoms with Crippen molar-refractivity contribution < 1.29 is 24.1 Å². The van der Waals surface area contributed by atoms with Crippen LogP contribution in [0, 0.1) is 6.92 Å². The van der Waals surface area contributed by atoms with Crippen LogP contribution in [0.15, 0.2) is 30.5 Å². The summed E-state index contributed by atoms with van der Waals surface area (Å²) in [5, 5.41) is 14.1. The average Bonchev–Trinajstić information content (AvgIpc) is 3.15. The summed E-state index contributed by atoms with van der Waals surface area (Å²) in [4.78, 5) is 14.8. The molecule has 1 aromatic heterocycles. The fourth-order valence-corrected chi connectivity index (χ4v) is 3.58. The number of hydrogen-bond acceptors (Lipinski definition) is 6. The molecule has 152 valence electrons. The highest BCUT2D eigenvalue weighted by atomic mass is 16.5. The number of methoxy groups -OCH3 is 2. The van der Waals surface area contributed by atoms with E-state index in [0.717, 1.165) is 11.3 Å². The van der Waals surface area contributed by atoms with Crippen molar-refractivity contribution >= 4 is 5.91 Å². The molecular weight excluding hydrogens is 362 g/mol. The standard InChI is InChI=1S/C20H27N3O5/c1-14-6-8-21-23(14)9-7-19(25)22-10-11-28-18(13-24)20(22)15-4-5-16(26-2)17(12-15)27-3/h4-6,8,12,18,20,24H,7,9-11,13H2,1-3H3/t18-,20-/m1/s1. The van der Waals surface area contributed by atoms with Gasteiger partial charge in [0.2, 0.25) is 5.91 Å². The van der Waals surface area contributed by atoms with Crippen molar-refractivity contribution in [1.82, 2.24) is 14.7 Å². The van der Waals surface area contributed by atoms with E-state index < -0.39 is 12.1 Å². The van der Waals surface area contributed by atoms with Gasteiger partial charge in [0.05, 0.1) is 33.5 Å². The number of morpholine rings is 1. The molecule has 0 radical (unpaired) electrons. The fourth-order valence-electron chi connectivity index (χ4n) is 3.58. The first-order chi connectivity index (χ1) is 13.6. The number of aliphatic hydroxyl groups excluding tert-OH is 1. The number of carbonyl (C=O) groups is 1. The summed E-state index contributed by atoms with van der Waals surface area (Å²) >= 11 is 0. The zero-order valence-electron chi connectivity index (χ0n) is 16.5. The van der Waals surface area contributed by atoms with Gasteiger partial charge < -0.3 is 24.2 Å². The molecule has 1 aliphatic rings. The number of aryl methyl sites for hydroxylation is 2. The number of rotatable bonds is 7. The molecule has 0 spiro atoms. The molecule has 1 aromatic carbocycles. The van der Waals surface area contributed by atoms with Crippen LogP contribution in [0.1, 0.15) is 23.7 Å². The molecule has 1 saturated heterocycles. The number of amides is 1. The van der Waals surface area contributed by atoms with Gasteiger partial charge in [-0.15, -0.1) is 0 Å². The molecule has 0 unspecified atom stereocenters. The lowest BCUT2D eigenvalue weighted by atomic mass is 9.97. The number of nitrogens with zero attached hydrogens (tertiary/aromatic N) is 3. The smallest absolute Gasteiger partial charge is 0.225 e. The molecule has 0 saturated carbocycles. The van der Waals surface area contributed by atoms with Gasteiger partial charge in [-0.05, 0) is 30.7 Å². The Morgan fingerprint density at radius 3 is 2.71 bits per heavy atom. The van der Waals surface area contributed by atoms with E-state index in [-0.39, 0.29) is 12.5 Å². The maximum absolute atomic E-state index is 13.0. The van der Waals surface area contributed by atoms with Crippen molar-refractivity contribution in [3.8, 4) is 11.5 Å². The van der Waals surface area contributed by atoms with Crippen LogP contribution in [0.3, 0.4) is 0 Å². The molecule has 0 aliphatic carbocycles. The summed E-state index contributed by atoms with van der Waals surface area (Å²) in [6, 6.07) is 7.02. The average molecular weight is 389 g/mol. The lowest BCUT2D eigenvalue weighted by molar-refractivity contribution is -0.150. The summed E-state index contributed by atoms with van der Waals surface area (Å²) < 4.78 is 18.3. The Bertz CT molecular complexity index is 807. The number of carbonyl (C=O) groups excluding carboxylic acids is 1. The van der Waals surface area contributed by atoms with Crippen LogP contribution in [0.5, 0.6) is 11.5 Å². The third kappa shape index (κ3) is 4.13. The van der Waals surface area contributed by atoms with Gasteiger partial charge in [0.15, 0.2) is 11.5 Å². The monoisotopic (exact) mass is 389 g/mol. The van der Waals surface area contributed by atoms with E-state index >= 15 is 0 Å². The molecule has 8 heteroatoms. The maximum atomic E-state index is 13.0. The minimum Gasteiger partial charge on any atom is -0.493 e. The summed E-state index contributed by atoms with van der Waals surface area (Å²) in [7, 11) is 3.14. The van der Waals surface area contributed by atoms with Gasteiger partial charge in [-0.3, -0.25) is 9.48 Å². The van der Waals surface area contributed by atoms with Crippen LogP contribution in [0.2, 0.25) is 0 Å². The summed E-state index contributed by atoms with van der Waals surface area (Å²) in [5.74, 6) is 1.17. The topological polar surface area (TPSA) is 86.0 Å². The quantitative estimate of drug-likeness (QED) is 0.774. The van der Waals surface area contributed by atoms with Gasteiger partial charge in [-0.25, -0.2) is 0 Å². The molecule has 2 heterocycles. The SMILES string of the molecule is COc1ccc([C@@H]2[C@@H](CO)OCCN2C(=O)CCn2nccc2C)cc1OC. The van der Waals surface area contributed by atoms with Crippen LogP contribution in [0.4, 0.5) is 0 Å². The number of ether oxygens (including phenoxy) is 3. The predicted molar refractivity (Wildman–Crippen MR) is 102 cm³/mol. The second kappa shape index (κ2) is 9.07. The lowest BCUT2D eigenvalue weighted by Gasteiger charge is -2.41. The van der Waals surface area contributed by atoms with Gasteiger partial charge in [0.25, 0.3) is 0 Å². The Morgan fingerprint density at radius 2 is 2.07 bits per heavy atom. The second-order valence-corrected chi connectivity index (χ2v) is 6.68. The van der Waals surface area contributed by atoms with Crippen molar-refractivity contribution in [2.45, 2.75) is 32.0 Å². The molecule has 8 nitrogen and oxygen atoms in total. The molecule has 2 aromatic rings. The fraction of sp³-hybridized carbons (Fsp3) is 0.500. The lowest BCUT2D eigenvalue weighted by Crippen LogP contribution is -2.49. The van der Waals surface area contributed by atoms with Crippen LogP contribution in [-0.2, 0) is 16.1 Å². The summed E-state index contributed by atoms with van der Waals surface area (Å²) in [5.41, 5.74) is 1.85. The van der Waals surface area contributed by atoms with Gasteiger partial charge in [0.1, 0.15) is 6.10 Å². The van der Waals surface area contributed by atoms with Gasteiger partial charge in [0, 0.05) is 31.4 Å². The van der Waals surface area contributed by atoms with Crippen LogP contribution >= 0.6 is 0 Å². The van der Waals surface area contributed by atoms with Gasteiger partial charge >= 0.3 is 0 Å². The molecule has 1 amide bonds. The number of benzene rings is 1. The Kier molecular flexibility index (Phi) is 6.53. The molecule has 28 heavy (non-hydrogen) atoms.